The molecule has 0 bridgehead atoms. The Morgan fingerprint density at radius 2 is 1.87 bits per heavy atom. The Hall–Kier alpha value is -2.59. The predicted molar refractivity (Wildman–Crippen MR) is 91.5 cm³/mol. The van der Waals surface area contributed by atoms with E-state index in [1.165, 1.54) is 5.39 Å². The molecule has 118 valence electrons. The fourth-order valence-electron chi connectivity index (χ4n) is 2.69. The fraction of sp³-hybridized carbons (Fsp3) is 0.211. The highest BCUT2D eigenvalue weighted by Crippen LogP contribution is 2.18. The molecule has 3 aromatic rings. The Bertz CT molecular complexity index is 823. The molecule has 0 saturated heterocycles. The largest absolute Gasteiger partial charge is 0.460 e. The van der Waals surface area contributed by atoms with E-state index in [-0.39, 0.29) is 5.91 Å². The Morgan fingerprint density at radius 1 is 1.09 bits per heavy atom. The van der Waals surface area contributed by atoms with Gasteiger partial charge in [-0.25, -0.2) is 0 Å². The average molecular weight is 309 g/mol. The number of benzene rings is 2. The summed E-state index contributed by atoms with van der Waals surface area (Å²) in [5.41, 5.74) is 0.829. The highest BCUT2D eigenvalue weighted by atomic mass is 16.3. The molecule has 2 aromatic carbocycles. The van der Waals surface area contributed by atoms with E-state index in [1.807, 2.05) is 62.5 Å². The number of nitrogens with one attached hydrogen (secondary N) is 2. The molecule has 0 aliphatic carbocycles. The molecule has 4 heteroatoms. The van der Waals surface area contributed by atoms with Crippen molar-refractivity contribution in [2.75, 3.05) is 18.9 Å². The molecule has 1 amide bonds. The fourth-order valence-corrected chi connectivity index (χ4v) is 2.69. The highest BCUT2D eigenvalue weighted by Gasteiger charge is 2.12. The predicted octanol–water partition coefficient (Wildman–Crippen LogP) is 2.39. The van der Waals surface area contributed by atoms with Crippen molar-refractivity contribution in [1.82, 2.24) is 0 Å². The monoisotopic (exact) mass is 309 g/mol. The molecule has 0 aliphatic rings. The second-order valence-electron chi connectivity index (χ2n) is 5.93. The minimum atomic E-state index is 0.000981. The van der Waals surface area contributed by atoms with Gasteiger partial charge in [0.05, 0.1) is 7.05 Å². The minimum absolute atomic E-state index is 0.000981. The maximum atomic E-state index is 12.2. The number of likely N-dealkylation sites (N-methyl/N-ethyl adjacent to an activating group) is 1. The van der Waals surface area contributed by atoms with Crippen LogP contribution in [0.15, 0.2) is 59.0 Å². The second-order valence-corrected chi connectivity index (χ2v) is 5.93. The topological polar surface area (TPSA) is 46.7 Å². The summed E-state index contributed by atoms with van der Waals surface area (Å²) in [7, 11) is 1.98. The molecule has 0 fully saturated rings. The molecule has 0 saturated carbocycles. The standard InChI is InChI=1S/C19H20N2O2/c1-14-7-10-18(23-14)12-21(2)13-19(22)20-17-9-8-15-5-3-4-6-16(15)11-17/h3-11H,12-13H2,1-2H3,(H,20,22)/p+1. The van der Waals surface area contributed by atoms with Crippen LogP contribution in [-0.4, -0.2) is 19.5 Å². The van der Waals surface area contributed by atoms with E-state index in [2.05, 4.69) is 11.4 Å². The zero-order chi connectivity index (χ0) is 16.2. The Labute approximate surface area is 135 Å². The Kier molecular flexibility index (Phi) is 4.44. The third-order valence-electron chi connectivity index (χ3n) is 3.77. The number of anilines is 1. The minimum Gasteiger partial charge on any atom is -0.460 e. The lowest BCUT2D eigenvalue weighted by molar-refractivity contribution is -0.886. The first kappa shape index (κ1) is 15.3. The van der Waals surface area contributed by atoms with Gasteiger partial charge in [-0.15, -0.1) is 0 Å². The molecule has 2 N–H and O–H groups in total. The normalized spacial score (nSPS) is 12.3. The number of carbonyl (C=O) groups excluding carboxylic acids is 1. The van der Waals surface area contributed by atoms with Crippen molar-refractivity contribution in [3.8, 4) is 0 Å². The van der Waals surface area contributed by atoms with Gasteiger partial charge in [-0.1, -0.05) is 30.3 Å². The summed E-state index contributed by atoms with van der Waals surface area (Å²) in [4.78, 5) is 13.3. The SMILES string of the molecule is Cc1ccc(C[NH+](C)CC(=O)Nc2ccc3ccccc3c2)o1. The third kappa shape index (κ3) is 3.99. The maximum absolute atomic E-state index is 12.2. The maximum Gasteiger partial charge on any atom is 0.279 e. The van der Waals surface area contributed by atoms with Gasteiger partial charge in [-0.3, -0.25) is 4.79 Å². The molecular formula is C19H21N2O2+. The van der Waals surface area contributed by atoms with Crippen molar-refractivity contribution in [1.29, 1.82) is 0 Å². The molecule has 1 aromatic heterocycles. The molecule has 0 radical (unpaired) electrons. The first-order valence-electron chi connectivity index (χ1n) is 7.75. The number of fused-ring (bicyclic) bond motifs is 1. The van der Waals surface area contributed by atoms with Crippen molar-refractivity contribution < 1.29 is 14.1 Å². The summed E-state index contributed by atoms with van der Waals surface area (Å²) in [5.74, 6) is 1.80. The van der Waals surface area contributed by atoms with E-state index in [4.69, 9.17) is 4.42 Å². The van der Waals surface area contributed by atoms with Crippen LogP contribution in [0.5, 0.6) is 0 Å². The van der Waals surface area contributed by atoms with E-state index in [1.54, 1.807) is 0 Å². The van der Waals surface area contributed by atoms with E-state index < -0.39 is 0 Å². The first-order valence-corrected chi connectivity index (χ1v) is 7.75. The van der Waals surface area contributed by atoms with Gasteiger partial charge in [0, 0.05) is 5.69 Å². The molecular weight excluding hydrogens is 288 g/mol. The lowest BCUT2D eigenvalue weighted by Gasteiger charge is -2.12. The van der Waals surface area contributed by atoms with Gasteiger partial charge in [0.1, 0.15) is 12.3 Å². The van der Waals surface area contributed by atoms with Gasteiger partial charge in [0.2, 0.25) is 0 Å². The van der Waals surface area contributed by atoms with Gasteiger partial charge in [-0.2, -0.15) is 0 Å². The van der Waals surface area contributed by atoms with Gasteiger partial charge in [0.25, 0.3) is 5.91 Å². The number of hydrogen-bond donors (Lipinski definition) is 2. The van der Waals surface area contributed by atoms with Crippen molar-refractivity contribution in [3.05, 3.63) is 66.1 Å². The van der Waals surface area contributed by atoms with Gasteiger partial charge in [-0.05, 0) is 42.0 Å². The Morgan fingerprint density at radius 3 is 2.61 bits per heavy atom. The summed E-state index contributed by atoms with van der Waals surface area (Å²) in [6.45, 7) is 3.01. The van der Waals surface area contributed by atoms with Gasteiger partial charge < -0.3 is 14.6 Å². The lowest BCUT2D eigenvalue weighted by atomic mass is 10.1. The first-order chi connectivity index (χ1) is 11.1. The summed E-state index contributed by atoms with van der Waals surface area (Å²) >= 11 is 0. The number of quaternary nitrogens is 1. The average Bonchev–Trinajstić information content (AvgIpc) is 2.91. The molecule has 4 nitrogen and oxygen atoms in total. The summed E-state index contributed by atoms with van der Waals surface area (Å²) < 4.78 is 5.55. The summed E-state index contributed by atoms with van der Waals surface area (Å²) in [5, 5.41) is 5.26. The van der Waals surface area contributed by atoms with Gasteiger partial charge in [0.15, 0.2) is 12.3 Å². The quantitative estimate of drug-likeness (QED) is 0.760. The molecule has 1 heterocycles. The number of amides is 1. The van der Waals surface area contributed by atoms with Crippen LogP contribution in [0, 0.1) is 6.92 Å². The number of aryl methyl sites for hydroxylation is 1. The van der Waals surface area contributed by atoms with Crippen molar-refractivity contribution in [3.63, 3.8) is 0 Å². The van der Waals surface area contributed by atoms with E-state index in [0.29, 0.717) is 13.1 Å². The van der Waals surface area contributed by atoms with Crippen molar-refractivity contribution in [2.45, 2.75) is 13.5 Å². The second kappa shape index (κ2) is 6.67. The van der Waals surface area contributed by atoms with Crippen molar-refractivity contribution in [2.24, 2.45) is 0 Å². The van der Waals surface area contributed by atoms with Crippen LogP contribution in [0.3, 0.4) is 0 Å². The number of furan rings is 1. The molecule has 3 rings (SSSR count). The number of hydrogen-bond acceptors (Lipinski definition) is 2. The lowest BCUT2D eigenvalue weighted by Crippen LogP contribution is -3.08. The molecule has 1 atom stereocenters. The van der Waals surface area contributed by atoms with Crippen LogP contribution in [0.2, 0.25) is 0 Å². The summed E-state index contributed by atoms with van der Waals surface area (Å²) in [6.07, 6.45) is 0. The smallest absolute Gasteiger partial charge is 0.279 e. The van der Waals surface area contributed by atoms with Crippen LogP contribution < -0.4 is 10.2 Å². The van der Waals surface area contributed by atoms with E-state index in [9.17, 15) is 4.79 Å². The van der Waals surface area contributed by atoms with Crippen LogP contribution >= 0.6 is 0 Å². The molecule has 0 spiro atoms. The zero-order valence-electron chi connectivity index (χ0n) is 13.4. The zero-order valence-corrected chi connectivity index (χ0v) is 13.4. The number of carbonyl (C=O) groups is 1. The molecule has 1 unspecified atom stereocenters. The molecule has 0 aliphatic heterocycles. The van der Waals surface area contributed by atoms with Crippen LogP contribution in [-0.2, 0) is 11.3 Å². The summed E-state index contributed by atoms with van der Waals surface area (Å²) in [6, 6.07) is 18.0. The van der Waals surface area contributed by atoms with Crippen LogP contribution in [0.4, 0.5) is 5.69 Å². The Balaban J connectivity index is 1.59. The highest BCUT2D eigenvalue weighted by molar-refractivity contribution is 5.94. The van der Waals surface area contributed by atoms with E-state index >= 15 is 0 Å². The van der Waals surface area contributed by atoms with Crippen molar-refractivity contribution >= 4 is 22.4 Å². The third-order valence-corrected chi connectivity index (χ3v) is 3.77. The van der Waals surface area contributed by atoms with E-state index in [0.717, 1.165) is 27.5 Å². The van der Waals surface area contributed by atoms with Crippen LogP contribution in [0.25, 0.3) is 10.8 Å². The van der Waals surface area contributed by atoms with Gasteiger partial charge >= 0.3 is 0 Å². The van der Waals surface area contributed by atoms with Crippen LogP contribution in [0.1, 0.15) is 11.5 Å². The molecule has 23 heavy (non-hydrogen) atoms. The number of rotatable bonds is 5.